The van der Waals surface area contributed by atoms with E-state index in [0.717, 1.165) is 12.8 Å². The number of carbonyl (C=O) groups is 1. The monoisotopic (exact) mass is 224 g/mol. The Balaban J connectivity index is 2.04. The summed E-state index contributed by atoms with van der Waals surface area (Å²) in [5, 5.41) is 0. The first-order valence-electron chi connectivity index (χ1n) is 6.67. The number of hydrogen-bond donors (Lipinski definition) is 1. The first kappa shape index (κ1) is 11.9. The Morgan fingerprint density at radius 2 is 1.88 bits per heavy atom. The molecular formula is C13H24N2O. The number of nitrogens with two attached hydrogens (primary N) is 1. The lowest BCUT2D eigenvalue weighted by Gasteiger charge is -2.43. The molecular weight excluding hydrogens is 200 g/mol. The Labute approximate surface area is 98.4 Å². The maximum absolute atomic E-state index is 12.5. The van der Waals surface area contributed by atoms with Gasteiger partial charge in [0.05, 0.1) is 5.41 Å². The Bertz CT molecular complexity index is 255. The summed E-state index contributed by atoms with van der Waals surface area (Å²) >= 11 is 0. The number of hydrogen-bond acceptors (Lipinski definition) is 2. The predicted molar refractivity (Wildman–Crippen MR) is 65.0 cm³/mol. The van der Waals surface area contributed by atoms with Crippen LogP contribution in [0.2, 0.25) is 0 Å². The molecule has 0 aliphatic heterocycles. The normalized spacial score (nSPS) is 24.9. The molecule has 0 aromatic carbocycles. The van der Waals surface area contributed by atoms with E-state index in [1.807, 2.05) is 11.9 Å². The summed E-state index contributed by atoms with van der Waals surface area (Å²) in [6, 6.07) is 0.498. The maximum Gasteiger partial charge on any atom is 0.230 e. The molecule has 0 aromatic rings. The molecule has 2 aliphatic carbocycles. The Morgan fingerprint density at radius 1 is 1.25 bits per heavy atom. The smallest absolute Gasteiger partial charge is 0.230 e. The number of rotatable bonds is 3. The molecule has 0 aromatic heterocycles. The van der Waals surface area contributed by atoms with Crippen molar-refractivity contribution in [3.05, 3.63) is 0 Å². The largest absolute Gasteiger partial charge is 0.342 e. The van der Waals surface area contributed by atoms with Crippen LogP contribution in [0.1, 0.15) is 51.4 Å². The van der Waals surface area contributed by atoms with E-state index in [1.54, 1.807) is 0 Å². The first-order chi connectivity index (χ1) is 7.69. The minimum absolute atomic E-state index is 0.220. The third kappa shape index (κ3) is 1.97. The van der Waals surface area contributed by atoms with Gasteiger partial charge in [0.2, 0.25) is 5.91 Å². The maximum atomic E-state index is 12.5. The van der Waals surface area contributed by atoms with E-state index in [1.165, 1.54) is 38.5 Å². The minimum Gasteiger partial charge on any atom is -0.342 e. The van der Waals surface area contributed by atoms with Crippen molar-refractivity contribution in [3.8, 4) is 0 Å². The molecule has 0 bridgehead atoms. The highest BCUT2D eigenvalue weighted by Crippen LogP contribution is 2.38. The predicted octanol–water partition coefficient (Wildman–Crippen LogP) is 1.91. The standard InChI is InChI=1S/C13H24N2O/c1-15(11-6-5-7-11)12(16)13(10-14)8-3-2-4-9-13/h11H,2-10,14H2,1H3. The van der Waals surface area contributed by atoms with Gasteiger partial charge in [-0.2, -0.15) is 0 Å². The zero-order valence-electron chi connectivity index (χ0n) is 10.4. The highest BCUT2D eigenvalue weighted by molar-refractivity contribution is 5.83. The summed E-state index contributed by atoms with van der Waals surface area (Å²) in [6.07, 6.45) is 9.24. The zero-order chi connectivity index (χ0) is 11.6. The highest BCUT2D eigenvalue weighted by Gasteiger charge is 2.42. The molecule has 2 saturated carbocycles. The fraction of sp³-hybridized carbons (Fsp3) is 0.923. The molecule has 16 heavy (non-hydrogen) atoms. The van der Waals surface area contributed by atoms with Crippen LogP contribution in [0, 0.1) is 5.41 Å². The van der Waals surface area contributed by atoms with Crippen molar-refractivity contribution < 1.29 is 4.79 Å². The van der Waals surface area contributed by atoms with Crippen LogP contribution in [0.15, 0.2) is 0 Å². The number of carbonyl (C=O) groups excluding carboxylic acids is 1. The van der Waals surface area contributed by atoms with Gasteiger partial charge in [0.15, 0.2) is 0 Å². The SMILES string of the molecule is CN(C(=O)C1(CN)CCCCC1)C1CCC1. The summed E-state index contributed by atoms with van der Waals surface area (Å²) in [6.45, 7) is 0.531. The van der Waals surface area contributed by atoms with Crippen molar-refractivity contribution in [1.82, 2.24) is 4.90 Å². The number of amides is 1. The van der Waals surface area contributed by atoms with Crippen molar-refractivity contribution in [2.45, 2.75) is 57.4 Å². The summed E-state index contributed by atoms with van der Waals surface area (Å²) < 4.78 is 0. The molecule has 0 unspecified atom stereocenters. The summed E-state index contributed by atoms with van der Waals surface area (Å²) in [7, 11) is 1.97. The van der Waals surface area contributed by atoms with Crippen LogP contribution in [0.4, 0.5) is 0 Å². The van der Waals surface area contributed by atoms with E-state index in [0.29, 0.717) is 18.5 Å². The second-order valence-electron chi connectivity index (χ2n) is 5.55. The first-order valence-corrected chi connectivity index (χ1v) is 6.67. The van der Waals surface area contributed by atoms with Crippen molar-refractivity contribution in [2.75, 3.05) is 13.6 Å². The van der Waals surface area contributed by atoms with Gasteiger partial charge in [-0.1, -0.05) is 19.3 Å². The molecule has 0 saturated heterocycles. The van der Waals surface area contributed by atoms with Gasteiger partial charge in [-0.25, -0.2) is 0 Å². The molecule has 3 nitrogen and oxygen atoms in total. The number of nitrogens with zero attached hydrogens (tertiary/aromatic N) is 1. The lowest BCUT2D eigenvalue weighted by Crippen LogP contribution is -2.52. The average molecular weight is 224 g/mol. The topological polar surface area (TPSA) is 46.3 Å². The molecule has 2 N–H and O–H groups in total. The van der Waals surface area contributed by atoms with E-state index < -0.39 is 0 Å². The van der Waals surface area contributed by atoms with Gasteiger partial charge < -0.3 is 10.6 Å². The third-order valence-electron chi connectivity index (χ3n) is 4.60. The molecule has 2 rings (SSSR count). The van der Waals surface area contributed by atoms with Gasteiger partial charge >= 0.3 is 0 Å². The molecule has 2 aliphatic rings. The van der Waals surface area contributed by atoms with Gasteiger partial charge in [-0.05, 0) is 32.1 Å². The second kappa shape index (κ2) is 4.74. The van der Waals surface area contributed by atoms with E-state index in [2.05, 4.69) is 0 Å². The molecule has 0 radical (unpaired) electrons. The van der Waals surface area contributed by atoms with Crippen molar-refractivity contribution in [2.24, 2.45) is 11.1 Å². The van der Waals surface area contributed by atoms with E-state index in [-0.39, 0.29) is 5.41 Å². The Morgan fingerprint density at radius 3 is 2.31 bits per heavy atom. The van der Waals surface area contributed by atoms with Crippen LogP contribution < -0.4 is 5.73 Å². The van der Waals surface area contributed by atoms with Gasteiger partial charge in [0.1, 0.15) is 0 Å². The molecule has 3 heteroatoms. The van der Waals surface area contributed by atoms with Crippen molar-refractivity contribution in [3.63, 3.8) is 0 Å². The van der Waals surface area contributed by atoms with E-state index >= 15 is 0 Å². The third-order valence-corrected chi connectivity index (χ3v) is 4.60. The highest BCUT2D eigenvalue weighted by atomic mass is 16.2. The minimum atomic E-state index is -0.220. The van der Waals surface area contributed by atoms with Crippen LogP contribution in [-0.2, 0) is 4.79 Å². The summed E-state index contributed by atoms with van der Waals surface area (Å²) in [4.78, 5) is 14.5. The lowest BCUT2D eigenvalue weighted by atomic mass is 9.72. The van der Waals surface area contributed by atoms with Crippen molar-refractivity contribution >= 4 is 5.91 Å². The van der Waals surface area contributed by atoms with E-state index in [4.69, 9.17) is 5.73 Å². The van der Waals surface area contributed by atoms with Crippen LogP contribution in [0.5, 0.6) is 0 Å². The zero-order valence-corrected chi connectivity index (χ0v) is 10.4. The fourth-order valence-electron chi connectivity index (χ4n) is 3.05. The van der Waals surface area contributed by atoms with E-state index in [9.17, 15) is 4.79 Å². The van der Waals surface area contributed by atoms with Gasteiger partial charge in [0, 0.05) is 19.6 Å². The molecule has 0 atom stereocenters. The van der Waals surface area contributed by atoms with Crippen LogP contribution >= 0.6 is 0 Å². The summed E-state index contributed by atoms with van der Waals surface area (Å²) in [5.41, 5.74) is 5.67. The van der Waals surface area contributed by atoms with Gasteiger partial charge in [-0.15, -0.1) is 0 Å². The quantitative estimate of drug-likeness (QED) is 0.796. The Kier molecular flexibility index (Phi) is 3.53. The molecule has 2 fully saturated rings. The lowest BCUT2D eigenvalue weighted by molar-refractivity contribution is -0.146. The molecule has 92 valence electrons. The second-order valence-corrected chi connectivity index (χ2v) is 5.55. The Hall–Kier alpha value is -0.570. The van der Waals surface area contributed by atoms with Crippen molar-refractivity contribution in [1.29, 1.82) is 0 Å². The van der Waals surface area contributed by atoms with Gasteiger partial charge in [0.25, 0.3) is 0 Å². The van der Waals surface area contributed by atoms with Crippen LogP contribution in [-0.4, -0.2) is 30.4 Å². The average Bonchev–Trinajstić information content (AvgIpc) is 2.26. The molecule has 0 heterocycles. The van der Waals surface area contributed by atoms with Crippen LogP contribution in [0.3, 0.4) is 0 Å². The molecule has 0 spiro atoms. The van der Waals surface area contributed by atoms with Crippen LogP contribution in [0.25, 0.3) is 0 Å². The molecule has 1 amide bonds. The fourth-order valence-corrected chi connectivity index (χ4v) is 3.05. The van der Waals surface area contributed by atoms with Gasteiger partial charge in [-0.3, -0.25) is 4.79 Å². The summed E-state index contributed by atoms with van der Waals surface area (Å²) in [5.74, 6) is 0.319.